The van der Waals surface area contributed by atoms with Gasteiger partial charge >= 0.3 is 5.97 Å². The molecular weight excluding hydrogens is 154 g/mol. The van der Waals surface area contributed by atoms with Crippen LogP contribution in [0.25, 0.3) is 0 Å². The molecule has 0 bridgehead atoms. The van der Waals surface area contributed by atoms with Gasteiger partial charge in [0.15, 0.2) is 0 Å². The van der Waals surface area contributed by atoms with Crippen LogP contribution in [0.1, 0.15) is 20.8 Å². The van der Waals surface area contributed by atoms with E-state index in [4.69, 9.17) is 0 Å². The summed E-state index contributed by atoms with van der Waals surface area (Å²) in [4.78, 5) is 10.9. The molecule has 0 aliphatic heterocycles. The van der Waals surface area contributed by atoms with Gasteiger partial charge in [-0.25, -0.2) is 4.79 Å². The Kier molecular flexibility index (Phi) is 5.37. The Labute approximate surface area is 73.8 Å². The molecule has 0 heterocycles. The van der Waals surface area contributed by atoms with Crippen LogP contribution in [-0.4, -0.2) is 25.7 Å². The maximum absolute atomic E-state index is 10.9. The monoisotopic (exact) mass is 171 g/mol. The lowest BCUT2D eigenvalue weighted by Gasteiger charge is -2.04. The highest BCUT2D eigenvalue weighted by Crippen LogP contribution is 1.93. The smallest absolute Gasteiger partial charge is 0.333 e. The first-order chi connectivity index (χ1) is 5.57. The second-order valence-electron chi connectivity index (χ2n) is 2.94. The Morgan fingerprint density at radius 1 is 1.58 bits per heavy atom. The molecule has 0 saturated carbocycles. The fourth-order valence-corrected chi connectivity index (χ4v) is 0.692. The van der Waals surface area contributed by atoms with E-state index in [0.717, 1.165) is 0 Å². The van der Waals surface area contributed by atoms with E-state index < -0.39 is 0 Å². The van der Waals surface area contributed by atoms with E-state index >= 15 is 0 Å². The van der Waals surface area contributed by atoms with E-state index in [1.807, 2.05) is 6.08 Å². The van der Waals surface area contributed by atoms with Crippen LogP contribution < -0.4 is 5.32 Å². The molecule has 0 unspecified atom stereocenters. The summed E-state index contributed by atoms with van der Waals surface area (Å²) >= 11 is 0. The maximum atomic E-state index is 10.9. The minimum absolute atomic E-state index is 0.263. The van der Waals surface area contributed by atoms with Crippen LogP contribution in [0.15, 0.2) is 11.6 Å². The molecular formula is C9H17NO2. The van der Waals surface area contributed by atoms with Gasteiger partial charge in [0.25, 0.3) is 0 Å². The first kappa shape index (κ1) is 11.2. The number of methoxy groups -OCH3 is 1. The second kappa shape index (κ2) is 5.77. The zero-order valence-corrected chi connectivity index (χ0v) is 8.18. The molecule has 0 amide bonds. The summed E-state index contributed by atoms with van der Waals surface area (Å²) < 4.78 is 4.53. The normalized spacial score (nSPS) is 11.9. The van der Waals surface area contributed by atoms with E-state index in [2.05, 4.69) is 23.9 Å². The van der Waals surface area contributed by atoms with E-state index in [1.54, 1.807) is 6.92 Å². The molecule has 0 aromatic carbocycles. The molecule has 12 heavy (non-hydrogen) atoms. The molecule has 0 radical (unpaired) electrons. The average molecular weight is 171 g/mol. The third kappa shape index (κ3) is 4.91. The fourth-order valence-electron chi connectivity index (χ4n) is 0.692. The van der Waals surface area contributed by atoms with Gasteiger partial charge in [-0.1, -0.05) is 19.9 Å². The third-order valence-corrected chi connectivity index (χ3v) is 1.44. The Hall–Kier alpha value is -0.830. The van der Waals surface area contributed by atoms with Crippen LogP contribution >= 0.6 is 0 Å². The molecule has 0 rings (SSSR count). The number of carbonyl (C=O) groups excluding carboxylic acids is 1. The highest BCUT2D eigenvalue weighted by atomic mass is 16.5. The molecule has 0 fully saturated rings. The van der Waals surface area contributed by atoms with Crippen molar-refractivity contribution in [1.82, 2.24) is 5.32 Å². The summed E-state index contributed by atoms with van der Waals surface area (Å²) in [5.74, 6) is -0.263. The van der Waals surface area contributed by atoms with Gasteiger partial charge in [0, 0.05) is 18.2 Å². The lowest BCUT2D eigenvalue weighted by Crippen LogP contribution is -2.23. The number of ether oxygens (including phenoxy) is 1. The van der Waals surface area contributed by atoms with E-state index in [9.17, 15) is 4.79 Å². The van der Waals surface area contributed by atoms with E-state index in [1.165, 1.54) is 7.11 Å². The summed E-state index contributed by atoms with van der Waals surface area (Å²) in [7, 11) is 1.38. The predicted octanol–water partition coefficient (Wildman–Crippen LogP) is 1.10. The summed E-state index contributed by atoms with van der Waals surface area (Å²) in [5.41, 5.74) is 0.644. The van der Waals surface area contributed by atoms with Crippen molar-refractivity contribution in [2.45, 2.75) is 26.8 Å². The van der Waals surface area contributed by atoms with Crippen molar-refractivity contribution in [3.05, 3.63) is 11.6 Å². The number of nitrogens with one attached hydrogen (secondary N) is 1. The highest BCUT2D eigenvalue weighted by Gasteiger charge is 2.01. The molecule has 3 heteroatoms. The maximum Gasteiger partial charge on any atom is 0.333 e. The van der Waals surface area contributed by atoms with Gasteiger partial charge in [0.2, 0.25) is 0 Å². The van der Waals surface area contributed by atoms with Crippen molar-refractivity contribution < 1.29 is 9.53 Å². The van der Waals surface area contributed by atoms with Crippen LogP contribution in [0.2, 0.25) is 0 Å². The predicted molar refractivity (Wildman–Crippen MR) is 48.9 cm³/mol. The molecule has 0 atom stereocenters. The molecule has 0 aliphatic carbocycles. The van der Waals surface area contributed by atoms with Gasteiger partial charge in [0.05, 0.1) is 7.11 Å². The van der Waals surface area contributed by atoms with Gasteiger partial charge in [0.1, 0.15) is 0 Å². The Morgan fingerprint density at radius 2 is 2.17 bits per heavy atom. The van der Waals surface area contributed by atoms with Crippen molar-refractivity contribution >= 4 is 5.97 Å². The standard InChI is InChI=1S/C9H17NO2/c1-7(2)10-6-5-8(3)9(11)12-4/h5,7,10H,6H2,1-4H3. The van der Waals surface area contributed by atoms with Crippen LogP contribution in [0.4, 0.5) is 0 Å². The van der Waals surface area contributed by atoms with Crippen LogP contribution in [0.3, 0.4) is 0 Å². The van der Waals surface area contributed by atoms with E-state index in [0.29, 0.717) is 18.2 Å². The summed E-state index contributed by atoms with van der Waals surface area (Å²) in [5, 5.41) is 3.17. The van der Waals surface area contributed by atoms with Crippen molar-refractivity contribution in [3.63, 3.8) is 0 Å². The number of hydrogen-bond acceptors (Lipinski definition) is 3. The minimum atomic E-state index is -0.263. The number of rotatable bonds is 4. The second-order valence-corrected chi connectivity index (χ2v) is 2.94. The molecule has 0 spiro atoms. The van der Waals surface area contributed by atoms with Gasteiger partial charge in [-0.3, -0.25) is 0 Å². The molecule has 3 nitrogen and oxygen atoms in total. The van der Waals surface area contributed by atoms with Gasteiger partial charge < -0.3 is 10.1 Å². The number of carbonyl (C=O) groups is 1. The molecule has 0 aromatic heterocycles. The third-order valence-electron chi connectivity index (χ3n) is 1.44. The fraction of sp³-hybridized carbons (Fsp3) is 0.667. The lowest BCUT2D eigenvalue weighted by molar-refractivity contribution is -0.136. The molecule has 70 valence electrons. The average Bonchev–Trinajstić information content (AvgIpc) is 2.02. The lowest BCUT2D eigenvalue weighted by atomic mass is 10.3. The van der Waals surface area contributed by atoms with Crippen molar-refractivity contribution in [3.8, 4) is 0 Å². The summed E-state index contributed by atoms with van der Waals surface area (Å²) in [6.07, 6.45) is 1.83. The SMILES string of the molecule is COC(=O)C(C)=CCNC(C)C. The molecule has 1 N–H and O–H groups in total. The van der Waals surface area contributed by atoms with Gasteiger partial charge in [-0.15, -0.1) is 0 Å². The Balaban J connectivity index is 3.76. The van der Waals surface area contributed by atoms with Crippen molar-refractivity contribution in [1.29, 1.82) is 0 Å². The van der Waals surface area contributed by atoms with E-state index in [-0.39, 0.29) is 5.97 Å². The Morgan fingerprint density at radius 3 is 2.58 bits per heavy atom. The summed E-state index contributed by atoms with van der Waals surface area (Å²) in [6.45, 7) is 6.56. The van der Waals surface area contributed by atoms with Crippen LogP contribution in [-0.2, 0) is 9.53 Å². The zero-order chi connectivity index (χ0) is 9.56. The quantitative estimate of drug-likeness (QED) is 0.508. The largest absolute Gasteiger partial charge is 0.466 e. The van der Waals surface area contributed by atoms with Gasteiger partial charge in [-0.2, -0.15) is 0 Å². The summed E-state index contributed by atoms with van der Waals surface area (Å²) in [6, 6.07) is 0.437. The van der Waals surface area contributed by atoms with Gasteiger partial charge in [-0.05, 0) is 6.92 Å². The molecule has 0 saturated heterocycles. The van der Waals surface area contributed by atoms with Crippen molar-refractivity contribution in [2.24, 2.45) is 0 Å². The highest BCUT2D eigenvalue weighted by molar-refractivity contribution is 5.87. The van der Waals surface area contributed by atoms with Crippen LogP contribution in [0, 0.1) is 0 Å². The Bertz CT molecular complexity index is 173. The zero-order valence-electron chi connectivity index (χ0n) is 8.18. The van der Waals surface area contributed by atoms with Crippen molar-refractivity contribution in [2.75, 3.05) is 13.7 Å². The topological polar surface area (TPSA) is 38.3 Å². The van der Waals surface area contributed by atoms with Crippen LogP contribution in [0.5, 0.6) is 0 Å². The number of esters is 1. The first-order valence-corrected chi connectivity index (χ1v) is 4.06. The molecule has 0 aliphatic rings. The molecule has 0 aromatic rings. The minimum Gasteiger partial charge on any atom is -0.466 e. The first-order valence-electron chi connectivity index (χ1n) is 4.06. The number of hydrogen-bond donors (Lipinski definition) is 1.